The zero-order valence-electron chi connectivity index (χ0n) is 15.4. The smallest absolute Gasteiger partial charge is 0.247 e. The van der Waals surface area contributed by atoms with Gasteiger partial charge in [0.1, 0.15) is 11.3 Å². The normalized spacial score (nSPS) is 22.4. The molecule has 1 saturated carbocycles. The summed E-state index contributed by atoms with van der Waals surface area (Å²) in [6.45, 7) is 2.38. The SMILES string of the molecule is COc1ccc(NC2(C(=O)N(C)CC3CCOC3)CCCCC2)cc1. The van der Waals surface area contributed by atoms with Crippen LogP contribution in [-0.2, 0) is 9.53 Å². The van der Waals surface area contributed by atoms with Gasteiger partial charge in [-0.05, 0) is 43.5 Å². The summed E-state index contributed by atoms with van der Waals surface area (Å²) < 4.78 is 10.7. The van der Waals surface area contributed by atoms with E-state index in [-0.39, 0.29) is 5.91 Å². The molecule has 0 spiro atoms. The van der Waals surface area contributed by atoms with Crippen molar-refractivity contribution in [2.75, 3.05) is 39.2 Å². The van der Waals surface area contributed by atoms with Gasteiger partial charge in [0.15, 0.2) is 0 Å². The second kappa shape index (κ2) is 8.09. The van der Waals surface area contributed by atoms with Gasteiger partial charge in [0, 0.05) is 31.8 Å². The van der Waals surface area contributed by atoms with Gasteiger partial charge >= 0.3 is 0 Å². The van der Waals surface area contributed by atoms with Gasteiger partial charge in [-0.2, -0.15) is 0 Å². The second-order valence-corrected chi connectivity index (χ2v) is 7.41. The van der Waals surface area contributed by atoms with E-state index in [1.165, 1.54) is 6.42 Å². The molecule has 1 saturated heterocycles. The Morgan fingerprint density at radius 2 is 2.00 bits per heavy atom. The molecule has 138 valence electrons. The van der Waals surface area contributed by atoms with E-state index < -0.39 is 5.54 Å². The molecule has 1 aliphatic carbocycles. The van der Waals surface area contributed by atoms with Gasteiger partial charge in [-0.15, -0.1) is 0 Å². The van der Waals surface area contributed by atoms with Crippen LogP contribution in [0.3, 0.4) is 0 Å². The number of hydrogen-bond acceptors (Lipinski definition) is 4. The van der Waals surface area contributed by atoms with Crippen LogP contribution in [0, 0.1) is 5.92 Å². The van der Waals surface area contributed by atoms with Crippen LogP contribution in [0.4, 0.5) is 5.69 Å². The highest BCUT2D eigenvalue weighted by molar-refractivity contribution is 5.89. The minimum atomic E-state index is -0.485. The number of carbonyl (C=O) groups excluding carboxylic acids is 1. The first-order valence-corrected chi connectivity index (χ1v) is 9.38. The number of carbonyl (C=O) groups is 1. The molecule has 0 aromatic heterocycles. The van der Waals surface area contributed by atoms with Crippen molar-refractivity contribution in [3.05, 3.63) is 24.3 Å². The molecule has 1 aromatic carbocycles. The van der Waals surface area contributed by atoms with Crippen molar-refractivity contribution in [2.45, 2.75) is 44.1 Å². The Bertz CT molecular complexity index is 561. The minimum Gasteiger partial charge on any atom is -0.497 e. The fourth-order valence-corrected chi connectivity index (χ4v) is 4.06. The number of amides is 1. The molecule has 1 aliphatic heterocycles. The average Bonchev–Trinajstić information content (AvgIpc) is 3.15. The zero-order chi connectivity index (χ0) is 17.7. The molecule has 1 amide bonds. The monoisotopic (exact) mass is 346 g/mol. The summed E-state index contributed by atoms with van der Waals surface area (Å²) in [6.07, 6.45) is 6.23. The quantitative estimate of drug-likeness (QED) is 0.859. The summed E-state index contributed by atoms with van der Waals surface area (Å²) in [5.41, 5.74) is 0.495. The number of hydrogen-bond donors (Lipinski definition) is 1. The number of nitrogens with zero attached hydrogens (tertiary/aromatic N) is 1. The molecule has 1 aromatic rings. The first-order chi connectivity index (χ1) is 12.1. The second-order valence-electron chi connectivity index (χ2n) is 7.41. The summed E-state index contributed by atoms with van der Waals surface area (Å²) in [7, 11) is 3.60. The third kappa shape index (κ3) is 4.27. The third-order valence-corrected chi connectivity index (χ3v) is 5.49. The first kappa shape index (κ1) is 18.1. The summed E-state index contributed by atoms with van der Waals surface area (Å²) in [4.78, 5) is 15.3. The van der Waals surface area contributed by atoms with Crippen LogP contribution in [0.1, 0.15) is 38.5 Å². The Morgan fingerprint density at radius 1 is 1.28 bits per heavy atom. The molecular formula is C20H30N2O3. The van der Waals surface area contributed by atoms with Crippen LogP contribution < -0.4 is 10.1 Å². The molecule has 2 fully saturated rings. The van der Waals surface area contributed by atoms with Gasteiger partial charge in [0.2, 0.25) is 5.91 Å². The van der Waals surface area contributed by atoms with Crippen molar-refractivity contribution < 1.29 is 14.3 Å². The lowest BCUT2D eigenvalue weighted by molar-refractivity contribution is -0.136. The van der Waals surface area contributed by atoms with Crippen molar-refractivity contribution in [2.24, 2.45) is 5.92 Å². The van der Waals surface area contributed by atoms with Crippen molar-refractivity contribution in [1.82, 2.24) is 4.90 Å². The first-order valence-electron chi connectivity index (χ1n) is 9.38. The molecule has 0 bridgehead atoms. The van der Waals surface area contributed by atoms with E-state index in [0.717, 1.165) is 63.3 Å². The third-order valence-electron chi connectivity index (χ3n) is 5.49. The number of nitrogens with one attached hydrogen (secondary N) is 1. The van der Waals surface area contributed by atoms with Crippen LogP contribution in [0.5, 0.6) is 5.75 Å². The van der Waals surface area contributed by atoms with E-state index in [1.807, 2.05) is 36.2 Å². The van der Waals surface area contributed by atoms with Crippen LogP contribution in [0.2, 0.25) is 0 Å². The molecule has 0 radical (unpaired) electrons. The Labute approximate surface area is 150 Å². The molecular weight excluding hydrogens is 316 g/mol. The maximum absolute atomic E-state index is 13.3. The van der Waals surface area contributed by atoms with Crippen LogP contribution in [0.25, 0.3) is 0 Å². The molecule has 1 heterocycles. The lowest BCUT2D eigenvalue weighted by atomic mass is 9.80. The van der Waals surface area contributed by atoms with E-state index >= 15 is 0 Å². The lowest BCUT2D eigenvalue weighted by Gasteiger charge is -2.40. The van der Waals surface area contributed by atoms with Crippen molar-refractivity contribution in [1.29, 1.82) is 0 Å². The van der Waals surface area contributed by atoms with Crippen LogP contribution in [0.15, 0.2) is 24.3 Å². The fraction of sp³-hybridized carbons (Fsp3) is 0.650. The van der Waals surface area contributed by atoms with E-state index in [9.17, 15) is 4.79 Å². The van der Waals surface area contributed by atoms with Gasteiger partial charge in [-0.1, -0.05) is 19.3 Å². The number of methoxy groups -OCH3 is 1. The van der Waals surface area contributed by atoms with E-state index in [1.54, 1.807) is 7.11 Å². The summed E-state index contributed by atoms with van der Waals surface area (Å²) in [6, 6.07) is 7.85. The molecule has 25 heavy (non-hydrogen) atoms. The topological polar surface area (TPSA) is 50.8 Å². The van der Waals surface area contributed by atoms with Crippen molar-refractivity contribution in [3.63, 3.8) is 0 Å². The summed E-state index contributed by atoms with van der Waals surface area (Å²) in [5.74, 6) is 1.51. The van der Waals surface area contributed by atoms with Gasteiger partial charge < -0.3 is 19.7 Å². The van der Waals surface area contributed by atoms with E-state index in [0.29, 0.717) is 5.92 Å². The maximum atomic E-state index is 13.3. The molecule has 2 aliphatic rings. The summed E-state index contributed by atoms with van der Waals surface area (Å²) in [5, 5.41) is 3.57. The summed E-state index contributed by atoms with van der Waals surface area (Å²) >= 11 is 0. The number of rotatable bonds is 6. The van der Waals surface area contributed by atoms with Gasteiger partial charge in [-0.25, -0.2) is 0 Å². The minimum absolute atomic E-state index is 0.218. The van der Waals surface area contributed by atoms with Crippen molar-refractivity contribution in [3.8, 4) is 5.75 Å². The molecule has 1 N–H and O–H groups in total. The number of ether oxygens (including phenoxy) is 2. The lowest BCUT2D eigenvalue weighted by Crippen LogP contribution is -2.54. The standard InChI is InChI=1S/C20H30N2O3/c1-22(14-16-10-13-25-15-16)19(23)20(11-4-3-5-12-20)21-17-6-8-18(24-2)9-7-17/h6-9,16,21H,3-5,10-15H2,1-2H3. The Morgan fingerprint density at radius 3 is 2.60 bits per heavy atom. The Balaban J connectivity index is 1.73. The fourth-order valence-electron chi connectivity index (χ4n) is 4.06. The molecule has 5 nitrogen and oxygen atoms in total. The van der Waals surface area contributed by atoms with Gasteiger partial charge in [0.25, 0.3) is 0 Å². The van der Waals surface area contributed by atoms with Crippen LogP contribution >= 0.6 is 0 Å². The maximum Gasteiger partial charge on any atom is 0.247 e. The van der Waals surface area contributed by atoms with Crippen molar-refractivity contribution >= 4 is 11.6 Å². The van der Waals surface area contributed by atoms with E-state index in [2.05, 4.69) is 5.32 Å². The van der Waals surface area contributed by atoms with Gasteiger partial charge in [0.05, 0.1) is 13.7 Å². The predicted molar refractivity (Wildman–Crippen MR) is 99.0 cm³/mol. The molecule has 1 atom stereocenters. The molecule has 3 rings (SSSR count). The highest BCUT2D eigenvalue weighted by atomic mass is 16.5. The average molecular weight is 346 g/mol. The highest BCUT2D eigenvalue weighted by Crippen LogP contribution is 2.34. The number of benzene rings is 1. The number of anilines is 1. The Kier molecular flexibility index (Phi) is 5.84. The number of likely N-dealkylation sites (N-methyl/N-ethyl adjacent to an activating group) is 1. The molecule has 1 unspecified atom stereocenters. The zero-order valence-corrected chi connectivity index (χ0v) is 15.4. The predicted octanol–water partition coefficient (Wildman–Crippen LogP) is 3.30. The molecule has 5 heteroatoms. The van der Waals surface area contributed by atoms with E-state index in [4.69, 9.17) is 9.47 Å². The largest absolute Gasteiger partial charge is 0.497 e. The highest BCUT2D eigenvalue weighted by Gasteiger charge is 2.41. The Hall–Kier alpha value is -1.75. The van der Waals surface area contributed by atoms with Crippen LogP contribution in [-0.4, -0.2) is 50.3 Å². The van der Waals surface area contributed by atoms with Gasteiger partial charge in [-0.3, -0.25) is 4.79 Å².